The van der Waals surface area contributed by atoms with Gasteiger partial charge in [-0.2, -0.15) is 0 Å². The minimum atomic E-state index is -1.03. The predicted molar refractivity (Wildman–Crippen MR) is 74.7 cm³/mol. The molecule has 112 valence electrons. The van der Waals surface area contributed by atoms with E-state index in [4.69, 9.17) is 9.47 Å². The van der Waals surface area contributed by atoms with E-state index in [1.165, 1.54) is 0 Å². The average Bonchev–Trinajstić information content (AvgIpc) is 2.74. The van der Waals surface area contributed by atoms with E-state index in [-0.39, 0.29) is 12.2 Å². The molecule has 6 heteroatoms. The van der Waals surface area contributed by atoms with Crippen molar-refractivity contribution in [1.29, 1.82) is 0 Å². The van der Waals surface area contributed by atoms with Crippen molar-refractivity contribution >= 4 is 11.9 Å². The van der Waals surface area contributed by atoms with Crippen LogP contribution in [0.4, 0.5) is 4.79 Å². The van der Waals surface area contributed by atoms with Crippen molar-refractivity contribution in [2.45, 2.75) is 38.0 Å². The molecule has 3 amide bonds. The number of nitrogens with one attached hydrogen (secondary N) is 2. The highest BCUT2D eigenvalue weighted by Gasteiger charge is 2.43. The summed E-state index contributed by atoms with van der Waals surface area (Å²) in [6.45, 7) is 2.40. The van der Waals surface area contributed by atoms with Crippen LogP contribution >= 0.6 is 0 Å². The van der Waals surface area contributed by atoms with Crippen LogP contribution in [0.15, 0.2) is 24.3 Å². The van der Waals surface area contributed by atoms with Crippen molar-refractivity contribution in [3.63, 3.8) is 0 Å². The molecule has 0 radical (unpaired) electrons. The maximum Gasteiger partial charge on any atom is 0.322 e. The lowest BCUT2D eigenvalue weighted by Gasteiger charge is -2.24. The van der Waals surface area contributed by atoms with E-state index >= 15 is 0 Å². The summed E-state index contributed by atoms with van der Waals surface area (Å²) in [7, 11) is 0. The van der Waals surface area contributed by atoms with Crippen LogP contribution in [0.3, 0.4) is 0 Å². The lowest BCUT2D eigenvalue weighted by Crippen LogP contribution is -2.40. The Morgan fingerprint density at radius 1 is 1.24 bits per heavy atom. The van der Waals surface area contributed by atoms with Gasteiger partial charge in [0.15, 0.2) is 6.29 Å². The van der Waals surface area contributed by atoms with Gasteiger partial charge in [0.25, 0.3) is 5.91 Å². The molecule has 1 aromatic carbocycles. The van der Waals surface area contributed by atoms with Crippen LogP contribution < -0.4 is 15.4 Å². The maximum absolute atomic E-state index is 11.9. The summed E-state index contributed by atoms with van der Waals surface area (Å²) >= 11 is 0. The van der Waals surface area contributed by atoms with Gasteiger partial charge >= 0.3 is 6.03 Å². The van der Waals surface area contributed by atoms with Crippen LogP contribution in [-0.4, -0.2) is 24.8 Å². The number of ether oxygens (including phenoxy) is 2. The van der Waals surface area contributed by atoms with Gasteiger partial charge in [-0.1, -0.05) is 12.1 Å². The molecule has 2 aliphatic heterocycles. The zero-order valence-electron chi connectivity index (χ0n) is 11.8. The highest BCUT2D eigenvalue weighted by molar-refractivity contribution is 6.07. The summed E-state index contributed by atoms with van der Waals surface area (Å²) < 4.78 is 11.3. The second-order valence-corrected chi connectivity index (χ2v) is 5.47. The summed E-state index contributed by atoms with van der Waals surface area (Å²) in [5, 5.41) is 4.88. The quantitative estimate of drug-likeness (QED) is 0.830. The molecule has 1 aromatic rings. The predicted octanol–water partition coefficient (Wildman–Crippen LogP) is 1.65. The summed E-state index contributed by atoms with van der Waals surface area (Å²) in [5.41, 5.74) is -0.320. The number of carbonyl (C=O) groups is 2. The van der Waals surface area contributed by atoms with Crippen molar-refractivity contribution in [3.8, 4) is 5.75 Å². The first-order valence-corrected chi connectivity index (χ1v) is 7.10. The number of hydrogen-bond acceptors (Lipinski definition) is 4. The molecule has 21 heavy (non-hydrogen) atoms. The Morgan fingerprint density at radius 3 is 2.57 bits per heavy atom. The van der Waals surface area contributed by atoms with Gasteiger partial charge in [-0.15, -0.1) is 0 Å². The fourth-order valence-electron chi connectivity index (χ4n) is 2.57. The first-order chi connectivity index (χ1) is 10.1. The van der Waals surface area contributed by atoms with Crippen LogP contribution in [0, 0.1) is 0 Å². The van der Waals surface area contributed by atoms with Crippen molar-refractivity contribution in [3.05, 3.63) is 29.8 Å². The number of urea groups is 1. The van der Waals surface area contributed by atoms with Crippen molar-refractivity contribution < 1.29 is 19.1 Å². The van der Waals surface area contributed by atoms with Crippen LogP contribution in [-0.2, 0) is 15.1 Å². The van der Waals surface area contributed by atoms with E-state index in [0.717, 1.165) is 25.9 Å². The molecule has 3 rings (SSSR count). The Bertz CT molecular complexity index is 551. The van der Waals surface area contributed by atoms with Crippen LogP contribution in [0.5, 0.6) is 5.75 Å². The molecule has 0 saturated carbocycles. The lowest BCUT2D eigenvalue weighted by atomic mass is 9.92. The van der Waals surface area contributed by atoms with Crippen molar-refractivity contribution in [2.75, 3.05) is 6.61 Å². The number of amides is 3. The van der Waals surface area contributed by atoms with Gasteiger partial charge in [0, 0.05) is 6.42 Å². The van der Waals surface area contributed by atoms with Gasteiger partial charge in [0.1, 0.15) is 11.3 Å². The topological polar surface area (TPSA) is 76.7 Å². The summed E-state index contributed by atoms with van der Waals surface area (Å²) in [5.74, 6) is 0.343. The second kappa shape index (κ2) is 5.37. The highest BCUT2D eigenvalue weighted by atomic mass is 16.7. The monoisotopic (exact) mass is 290 g/mol. The molecule has 2 fully saturated rings. The van der Waals surface area contributed by atoms with Gasteiger partial charge in [0.2, 0.25) is 0 Å². The van der Waals surface area contributed by atoms with E-state index in [1.54, 1.807) is 31.2 Å². The Balaban J connectivity index is 1.72. The zero-order chi connectivity index (χ0) is 14.9. The summed E-state index contributed by atoms with van der Waals surface area (Å²) in [6.07, 6.45) is 2.87. The molecule has 2 unspecified atom stereocenters. The number of benzene rings is 1. The van der Waals surface area contributed by atoms with E-state index < -0.39 is 11.6 Å². The standard InChI is InChI=1S/C15H18N2O4/c1-15(13(18)16-14(19)17-15)10-5-7-11(8-6-10)21-12-4-2-3-9-20-12/h5-8,12H,2-4,9H2,1H3,(H2,16,17,18,19). The molecule has 2 N–H and O–H groups in total. The summed E-state index contributed by atoms with van der Waals surface area (Å²) in [4.78, 5) is 23.2. The molecule has 0 aliphatic carbocycles. The molecule has 0 bridgehead atoms. The molecular weight excluding hydrogens is 272 g/mol. The third-order valence-corrected chi connectivity index (χ3v) is 3.88. The highest BCUT2D eigenvalue weighted by Crippen LogP contribution is 2.27. The van der Waals surface area contributed by atoms with Crippen LogP contribution in [0.25, 0.3) is 0 Å². The number of rotatable bonds is 3. The molecule has 0 aromatic heterocycles. The molecule has 0 spiro atoms. The van der Waals surface area contributed by atoms with Crippen molar-refractivity contribution in [1.82, 2.24) is 10.6 Å². The summed E-state index contributed by atoms with van der Waals surface area (Å²) in [6, 6.07) is 6.66. The number of hydrogen-bond donors (Lipinski definition) is 2. The largest absolute Gasteiger partial charge is 0.465 e. The lowest BCUT2D eigenvalue weighted by molar-refractivity contribution is -0.123. The third-order valence-electron chi connectivity index (χ3n) is 3.88. The van der Waals surface area contributed by atoms with Crippen molar-refractivity contribution in [2.24, 2.45) is 0 Å². The van der Waals surface area contributed by atoms with E-state index in [1.807, 2.05) is 0 Å². The maximum atomic E-state index is 11.9. The molecule has 2 aliphatic rings. The van der Waals surface area contributed by atoms with Gasteiger partial charge < -0.3 is 14.8 Å². The van der Waals surface area contributed by atoms with E-state index in [2.05, 4.69) is 10.6 Å². The smallest absolute Gasteiger partial charge is 0.322 e. The van der Waals surface area contributed by atoms with Crippen LogP contribution in [0.1, 0.15) is 31.7 Å². The van der Waals surface area contributed by atoms with E-state index in [9.17, 15) is 9.59 Å². The van der Waals surface area contributed by atoms with Gasteiger partial charge in [-0.3, -0.25) is 10.1 Å². The normalized spacial score (nSPS) is 28.9. The Morgan fingerprint density at radius 2 is 2.00 bits per heavy atom. The van der Waals surface area contributed by atoms with Crippen LogP contribution in [0.2, 0.25) is 0 Å². The Labute approximate surface area is 122 Å². The van der Waals surface area contributed by atoms with Gasteiger partial charge in [-0.05, 0) is 37.5 Å². The zero-order valence-corrected chi connectivity index (χ0v) is 11.8. The third kappa shape index (κ3) is 2.71. The average molecular weight is 290 g/mol. The Kier molecular flexibility index (Phi) is 3.55. The van der Waals surface area contributed by atoms with Gasteiger partial charge in [0.05, 0.1) is 6.61 Å². The molecule has 2 atom stereocenters. The second-order valence-electron chi connectivity index (χ2n) is 5.47. The SMILES string of the molecule is CC1(c2ccc(OC3CCCCO3)cc2)NC(=O)NC1=O. The minimum absolute atomic E-state index is 0.199. The molecule has 2 heterocycles. The van der Waals surface area contributed by atoms with E-state index in [0.29, 0.717) is 11.3 Å². The van der Waals surface area contributed by atoms with Gasteiger partial charge in [-0.25, -0.2) is 4.79 Å². The first kappa shape index (κ1) is 13.9. The molecule has 2 saturated heterocycles. The Hall–Kier alpha value is -2.08. The fraction of sp³-hybridized carbons (Fsp3) is 0.467. The minimum Gasteiger partial charge on any atom is -0.465 e. The first-order valence-electron chi connectivity index (χ1n) is 7.10. The molecule has 6 nitrogen and oxygen atoms in total. The number of carbonyl (C=O) groups excluding carboxylic acids is 2. The molecular formula is C15H18N2O4. The fourth-order valence-corrected chi connectivity index (χ4v) is 2.57. The number of imide groups is 1.